The molecule has 1 aliphatic carbocycles. The Morgan fingerprint density at radius 3 is 2.41 bits per heavy atom. The van der Waals surface area contributed by atoms with E-state index in [0.717, 1.165) is 29.1 Å². The summed E-state index contributed by atoms with van der Waals surface area (Å²) in [5.41, 5.74) is 5.59. The number of hydrogen-bond acceptors (Lipinski definition) is 6. The molecule has 7 nitrogen and oxygen atoms in total. The zero-order valence-electron chi connectivity index (χ0n) is 18.7. The maximum Gasteiger partial charge on any atom is 0.311 e. The lowest BCUT2D eigenvalue weighted by molar-refractivity contribution is -0.385. The number of anilines is 2. The molecule has 0 radical (unpaired) electrons. The second kappa shape index (κ2) is 8.67. The van der Waals surface area contributed by atoms with E-state index in [0.29, 0.717) is 24.0 Å². The Morgan fingerprint density at radius 1 is 1.00 bits per heavy atom. The van der Waals surface area contributed by atoms with Gasteiger partial charge in [-0.25, -0.2) is 0 Å². The first-order valence-corrected chi connectivity index (χ1v) is 11.4. The SMILES string of the molecule is CCc1ccc(C2CC(=O)C3=C(C2)Nc2ccccc2NC3c2ccc(O)c([N+](=O)[O-])c2)cc1. The highest BCUT2D eigenvalue weighted by Gasteiger charge is 2.36. The van der Waals surface area contributed by atoms with Gasteiger partial charge in [0.1, 0.15) is 0 Å². The van der Waals surface area contributed by atoms with Crippen molar-refractivity contribution in [1.29, 1.82) is 0 Å². The maximum absolute atomic E-state index is 13.6. The molecule has 2 unspecified atom stereocenters. The van der Waals surface area contributed by atoms with Gasteiger partial charge >= 0.3 is 5.69 Å². The quantitative estimate of drug-likeness (QED) is 0.337. The average molecular weight is 456 g/mol. The number of Topliss-reactive ketones (excluding diaryl/α,β-unsaturated/α-hetero) is 1. The van der Waals surface area contributed by atoms with Gasteiger partial charge in [0.25, 0.3) is 0 Å². The molecular formula is C27H25N3O4. The summed E-state index contributed by atoms with van der Waals surface area (Å²) < 4.78 is 0. The van der Waals surface area contributed by atoms with Crippen LogP contribution in [0.1, 0.15) is 48.4 Å². The zero-order valence-corrected chi connectivity index (χ0v) is 18.7. The van der Waals surface area contributed by atoms with Gasteiger partial charge in [-0.1, -0.05) is 49.4 Å². The van der Waals surface area contributed by atoms with Crippen molar-refractivity contribution >= 4 is 22.8 Å². The van der Waals surface area contributed by atoms with Crippen molar-refractivity contribution < 1.29 is 14.8 Å². The minimum absolute atomic E-state index is 0.000600. The van der Waals surface area contributed by atoms with Crippen molar-refractivity contribution in [3.8, 4) is 5.75 Å². The van der Waals surface area contributed by atoms with E-state index < -0.39 is 16.7 Å². The summed E-state index contributed by atoms with van der Waals surface area (Å²) in [6.07, 6.45) is 1.98. The van der Waals surface area contributed by atoms with Crippen LogP contribution in [0.2, 0.25) is 0 Å². The highest BCUT2D eigenvalue weighted by molar-refractivity contribution is 6.01. The van der Waals surface area contributed by atoms with E-state index in [-0.39, 0.29) is 17.4 Å². The Morgan fingerprint density at radius 2 is 1.71 bits per heavy atom. The van der Waals surface area contributed by atoms with Crippen LogP contribution < -0.4 is 10.6 Å². The summed E-state index contributed by atoms with van der Waals surface area (Å²) in [7, 11) is 0. The van der Waals surface area contributed by atoms with Crippen LogP contribution in [0.25, 0.3) is 0 Å². The molecule has 0 saturated heterocycles. The molecule has 2 aliphatic rings. The van der Waals surface area contributed by atoms with Gasteiger partial charge in [-0.05, 0) is 53.6 Å². The molecule has 34 heavy (non-hydrogen) atoms. The highest BCUT2D eigenvalue weighted by Crippen LogP contribution is 2.45. The Kier molecular flexibility index (Phi) is 5.53. The fraction of sp³-hybridized carbons (Fsp3) is 0.222. The first-order chi connectivity index (χ1) is 16.4. The molecule has 1 heterocycles. The van der Waals surface area contributed by atoms with E-state index >= 15 is 0 Å². The van der Waals surface area contributed by atoms with E-state index in [1.807, 2.05) is 24.3 Å². The Hall–Kier alpha value is -4.13. The number of hydrogen-bond donors (Lipinski definition) is 3. The number of carbonyl (C=O) groups is 1. The summed E-state index contributed by atoms with van der Waals surface area (Å²) in [6, 6.07) is 19.8. The molecule has 0 fully saturated rings. The predicted octanol–water partition coefficient (Wildman–Crippen LogP) is 5.84. The van der Waals surface area contributed by atoms with Crippen LogP contribution in [0.4, 0.5) is 17.1 Å². The predicted molar refractivity (Wildman–Crippen MR) is 131 cm³/mol. The summed E-state index contributed by atoms with van der Waals surface area (Å²) in [6.45, 7) is 2.12. The van der Waals surface area contributed by atoms with Crippen molar-refractivity contribution in [2.45, 2.75) is 38.1 Å². The largest absolute Gasteiger partial charge is 0.502 e. The number of nitrogens with one attached hydrogen (secondary N) is 2. The second-order valence-electron chi connectivity index (χ2n) is 8.77. The molecule has 1 aliphatic heterocycles. The van der Waals surface area contributed by atoms with E-state index in [9.17, 15) is 20.0 Å². The number of benzene rings is 3. The van der Waals surface area contributed by atoms with Gasteiger partial charge in [-0.3, -0.25) is 14.9 Å². The van der Waals surface area contributed by atoms with Crippen molar-refractivity contribution in [3.63, 3.8) is 0 Å². The zero-order chi connectivity index (χ0) is 23.8. The number of ketones is 1. The normalized spacial score (nSPS) is 19.4. The number of phenols is 1. The number of aryl methyl sites for hydroxylation is 1. The molecule has 7 heteroatoms. The van der Waals surface area contributed by atoms with Gasteiger partial charge in [0.2, 0.25) is 0 Å². The third-order valence-electron chi connectivity index (χ3n) is 6.70. The Labute approximate surface area is 197 Å². The molecule has 0 bridgehead atoms. The lowest BCUT2D eigenvalue weighted by Gasteiger charge is -2.30. The standard InChI is InChI=1S/C27H25N3O4/c1-2-16-7-9-17(10-8-16)19-13-22-26(25(32)15-19)27(29-21-6-4-3-5-20(21)28-22)18-11-12-24(31)23(14-18)30(33)34/h3-12,14,19,27-29,31H,2,13,15H2,1H3. The van der Waals surface area contributed by atoms with Crippen molar-refractivity contribution in [1.82, 2.24) is 0 Å². The van der Waals surface area contributed by atoms with Gasteiger partial charge in [-0.2, -0.15) is 0 Å². The van der Waals surface area contributed by atoms with Crippen LogP contribution in [-0.4, -0.2) is 15.8 Å². The molecule has 3 N–H and O–H groups in total. The molecule has 0 spiro atoms. The number of carbonyl (C=O) groups excluding carboxylic acids is 1. The molecule has 0 amide bonds. The molecule has 0 aromatic heterocycles. The van der Waals surface area contributed by atoms with E-state index in [4.69, 9.17) is 0 Å². The number of fused-ring (bicyclic) bond motifs is 1. The maximum atomic E-state index is 13.6. The van der Waals surface area contributed by atoms with Gasteiger partial charge in [0.05, 0.1) is 22.3 Å². The molecule has 172 valence electrons. The number of nitrogens with zero attached hydrogens (tertiary/aromatic N) is 1. The second-order valence-corrected chi connectivity index (χ2v) is 8.77. The molecule has 3 aromatic carbocycles. The fourth-order valence-corrected chi connectivity index (χ4v) is 4.87. The third kappa shape index (κ3) is 3.90. The Balaban J connectivity index is 1.60. The first kappa shape index (κ1) is 21.7. The van der Waals surface area contributed by atoms with Crippen molar-refractivity contribution in [3.05, 3.63) is 105 Å². The van der Waals surface area contributed by atoms with Crippen LogP contribution in [0.5, 0.6) is 5.75 Å². The van der Waals surface area contributed by atoms with Crippen molar-refractivity contribution in [2.75, 3.05) is 10.6 Å². The summed E-state index contributed by atoms with van der Waals surface area (Å²) >= 11 is 0. The number of nitro groups is 1. The van der Waals surface area contributed by atoms with E-state index in [2.05, 4.69) is 41.8 Å². The number of rotatable bonds is 4. The fourth-order valence-electron chi connectivity index (χ4n) is 4.87. The lowest BCUT2D eigenvalue weighted by Crippen LogP contribution is -2.27. The smallest absolute Gasteiger partial charge is 0.311 e. The lowest BCUT2D eigenvalue weighted by atomic mass is 9.78. The van der Waals surface area contributed by atoms with Crippen molar-refractivity contribution in [2.24, 2.45) is 0 Å². The van der Waals surface area contributed by atoms with Gasteiger partial charge < -0.3 is 15.7 Å². The van der Waals surface area contributed by atoms with Crippen LogP contribution in [0, 0.1) is 10.1 Å². The van der Waals surface area contributed by atoms with Crippen LogP contribution in [0.3, 0.4) is 0 Å². The van der Waals surface area contributed by atoms with Crippen LogP contribution >= 0.6 is 0 Å². The number of para-hydroxylation sites is 2. The number of allylic oxidation sites excluding steroid dienone is 1. The minimum Gasteiger partial charge on any atom is -0.502 e. The van der Waals surface area contributed by atoms with Gasteiger partial charge in [0.15, 0.2) is 11.5 Å². The van der Waals surface area contributed by atoms with Gasteiger partial charge in [-0.15, -0.1) is 0 Å². The highest BCUT2D eigenvalue weighted by atomic mass is 16.6. The monoisotopic (exact) mass is 455 g/mol. The summed E-state index contributed by atoms with van der Waals surface area (Å²) in [4.78, 5) is 24.4. The van der Waals surface area contributed by atoms with Gasteiger partial charge in [0, 0.05) is 23.8 Å². The number of nitro benzene ring substituents is 1. The first-order valence-electron chi connectivity index (χ1n) is 11.4. The van der Waals surface area contributed by atoms with E-state index in [1.165, 1.54) is 17.7 Å². The molecular weight excluding hydrogens is 430 g/mol. The molecule has 0 saturated carbocycles. The average Bonchev–Trinajstić information content (AvgIpc) is 3.01. The Bertz CT molecular complexity index is 1310. The summed E-state index contributed by atoms with van der Waals surface area (Å²) in [5, 5.41) is 28.3. The topological polar surface area (TPSA) is 104 Å². The third-order valence-corrected chi connectivity index (χ3v) is 6.70. The molecule has 2 atom stereocenters. The van der Waals surface area contributed by atoms with Crippen LogP contribution in [-0.2, 0) is 11.2 Å². The van der Waals surface area contributed by atoms with E-state index in [1.54, 1.807) is 6.07 Å². The van der Waals surface area contributed by atoms with Crippen LogP contribution in [0.15, 0.2) is 78.0 Å². The molecule has 3 aromatic rings. The molecule has 5 rings (SSSR count). The number of aromatic hydroxyl groups is 1. The minimum atomic E-state index is -0.615. The summed E-state index contributed by atoms with van der Waals surface area (Å²) in [5.74, 6) is -0.357. The number of phenolic OH excluding ortho intramolecular Hbond substituents is 1.